The molecule has 1 amide bonds. The van der Waals surface area contributed by atoms with Gasteiger partial charge in [-0.05, 0) is 59.9 Å². The number of halogens is 2. The molecular weight excluding hydrogens is 353 g/mol. The zero-order valence-corrected chi connectivity index (χ0v) is 14.1. The first-order valence-electron chi connectivity index (χ1n) is 6.79. The molecule has 0 saturated heterocycles. The van der Waals surface area contributed by atoms with Gasteiger partial charge in [0, 0.05) is 16.9 Å². The van der Waals surface area contributed by atoms with Crippen LogP contribution in [0.25, 0.3) is 0 Å². The number of thiophene rings is 1. The maximum Gasteiger partial charge on any atom is 0.220 e. The van der Waals surface area contributed by atoms with Gasteiger partial charge in [0.05, 0.1) is 0 Å². The summed E-state index contributed by atoms with van der Waals surface area (Å²) in [4.78, 5) is 11.9. The van der Waals surface area contributed by atoms with E-state index in [0.717, 1.165) is 6.42 Å². The maximum absolute atomic E-state index is 13.7. The minimum Gasteiger partial charge on any atom is -0.353 e. The summed E-state index contributed by atoms with van der Waals surface area (Å²) in [6.45, 7) is 1.98. The van der Waals surface area contributed by atoms with Crippen molar-refractivity contribution in [3.8, 4) is 0 Å². The normalized spacial score (nSPS) is 12.1. The first-order chi connectivity index (χ1) is 10.0. The fourth-order valence-electron chi connectivity index (χ4n) is 2.13. The van der Waals surface area contributed by atoms with E-state index in [1.54, 1.807) is 23.5 Å². The molecule has 0 fully saturated rings. The number of hydrogen-bond donors (Lipinski definition) is 1. The minimum atomic E-state index is -0.275. The second-order valence-electron chi connectivity index (χ2n) is 5.04. The van der Waals surface area contributed by atoms with Crippen molar-refractivity contribution >= 4 is 33.2 Å². The highest BCUT2D eigenvalue weighted by Gasteiger charge is 2.10. The molecule has 2 nitrogen and oxygen atoms in total. The summed E-state index contributed by atoms with van der Waals surface area (Å²) in [5.41, 5.74) is 1.80. The summed E-state index contributed by atoms with van der Waals surface area (Å²) in [6, 6.07) is 7.07. The number of hydrogen-bond acceptors (Lipinski definition) is 2. The van der Waals surface area contributed by atoms with Crippen LogP contribution in [0.5, 0.6) is 0 Å². The smallest absolute Gasteiger partial charge is 0.220 e. The van der Waals surface area contributed by atoms with Gasteiger partial charge in [0.1, 0.15) is 5.82 Å². The average molecular weight is 370 g/mol. The molecule has 112 valence electrons. The van der Waals surface area contributed by atoms with E-state index >= 15 is 0 Å². The van der Waals surface area contributed by atoms with Crippen molar-refractivity contribution in [1.82, 2.24) is 5.32 Å². The number of rotatable bonds is 6. The third-order valence-corrected chi connectivity index (χ3v) is 4.39. The monoisotopic (exact) mass is 369 g/mol. The number of amides is 1. The standard InChI is InChI=1S/C16H17BrFNOS/c1-11(8-12-6-7-21-10-12)19-16(20)5-3-13-2-4-14(17)9-15(13)18/h2,4,6-7,9-11H,3,5,8H2,1H3,(H,19,20). The third-order valence-electron chi connectivity index (χ3n) is 3.17. The molecule has 1 aromatic heterocycles. The third kappa shape index (κ3) is 5.25. The van der Waals surface area contributed by atoms with E-state index in [9.17, 15) is 9.18 Å². The van der Waals surface area contributed by atoms with Crippen molar-refractivity contribution in [1.29, 1.82) is 0 Å². The van der Waals surface area contributed by atoms with Gasteiger partial charge in [0.2, 0.25) is 5.91 Å². The lowest BCUT2D eigenvalue weighted by Gasteiger charge is -2.13. The van der Waals surface area contributed by atoms with Crippen molar-refractivity contribution in [2.45, 2.75) is 32.2 Å². The van der Waals surface area contributed by atoms with Crippen LogP contribution < -0.4 is 5.32 Å². The fraction of sp³-hybridized carbons (Fsp3) is 0.312. The minimum absolute atomic E-state index is 0.0416. The molecule has 0 aliphatic heterocycles. The Kier molecular flexibility index (Phi) is 5.94. The summed E-state index contributed by atoms with van der Waals surface area (Å²) in [6.07, 6.45) is 1.53. The van der Waals surface area contributed by atoms with E-state index in [2.05, 4.69) is 32.7 Å². The lowest BCUT2D eigenvalue weighted by molar-refractivity contribution is -0.121. The molecule has 1 unspecified atom stereocenters. The zero-order valence-electron chi connectivity index (χ0n) is 11.7. The van der Waals surface area contributed by atoms with Crippen LogP contribution in [-0.2, 0) is 17.6 Å². The first kappa shape index (κ1) is 16.2. The van der Waals surface area contributed by atoms with Crippen molar-refractivity contribution in [3.63, 3.8) is 0 Å². The molecule has 0 aliphatic carbocycles. The van der Waals surface area contributed by atoms with E-state index < -0.39 is 0 Å². The predicted octanol–water partition coefficient (Wildman–Crippen LogP) is 4.33. The SMILES string of the molecule is CC(Cc1ccsc1)NC(=O)CCc1ccc(Br)cc1F. The molecule has 5 heteroatoms. The van der Waals surface area contributed by atoms with Gasteiger partial charge in [-0.25, -0.2) is 4.39 Å². The molecule has 2 rings (SSSR count). The summed E-state index contributed by atoms with van der Waals surface area (Å²) < 4.78 is 14.4. The lowest BCUT2D eigenvalue weighted by atomic mass is 10.1. The highest BCUT2D eigenvalue weighted by atomic mass is 79.9. The van der Waals surface area contributed by atoms with Crippen molar-refractivity contribution < 1.29 is 9.18 Å². The van der Waals surface area contributed by atoms with Crippen LogP contribution in [-0.4, -0.2) is 11.9 Å². The second kappa shape index (κ2) is 7.71. The Balaban J connectivity index is 1.79. The summed E-state index contributed by atoms with van der Waals surface area (Å²) in [5, 5.41) is 7.06. The second-order valence-corrected chi connectivity index (χ2v) is 6.74. The molecular formula is C16H17BrFNOS. The van der Waals surface area contributed by atoms with E-state index in [-0.39, 0.29) is 17.8 Å². The fourth-order valence-corrected chi connectivity index (χ4v) is 3.15. The highest BCUT2D eigenvalue weighted by molar-refractivity contribution is 9.10. The average Bonchev–Trinajstić information content (AvgIpc) is 2.90. The van der Waals surface area contributed by atoms with Crippen LogP contribution in [0.4, 0.5) is 4.39 Å². The number of carbonyl (C=O) groups excluding carboxylic acids is 1. The van der Waals surface area contributed by atoms with Gasteiger partial charge in [-0.2, -0.15) is 11.3 Å². The molecule has 0 saturated carbocycles. The van der Waals surface area contributed by atoms with Crippen LogP contribution in [0.3, 0.4) is 0 Å². The van der Waals surface area contributed by atoms with Gasteiger partial charge < -0.3 is 5.32 Å². The van der Waals surface area contributed by atoms with Gasteiger partial charge >= 0.3 is 0 Å². The predicted molar refractivity (Wildman–Crippen MR) is 88.0 cm³/mol. The van der Waals surface area contributed by atoms with E-state index in [1.807, 2.05) is 12.3 Å². The maximum atomic E-state index is 13.7. The Morgan fingerprint density at radius 3 is 2.90 bits per heavy atom. The van der Waals surface area contributed by atoms with E-state index in [4.69, 9.17) is 0 Å². The Morgan fingerprint density at radius 1 is 1.43 bits per heavy atom. The molecule has 1 heterocycles. The van der Waals surface area contributed by atoms with Crippen molar-refractivity contribution in [2.75, 3.05) is 0 Å². The van der Waals surface area contributed by atoms with Crippen LogP contribution in [0.2, 0.25) is 0 Å². The number of benzene rings is 1. The quantitative estimate of drug-likeness (QED) is 0.806. The highest BCUT2D eigenvalue weighted by Crippen LogP contribution is 2.16. The topological polar surface area (TPSA) is 29.1 Å². The first-order valence-corrected chi connectivity index (χ1v) is 8.52. The molecule has 0 aliphatic rings. The molecule has 0 radical (unpaired) electrons. The Bertz CT molecular complexity index is 600. The summed E-state index contributed by atoms with van der Waals surface area (Å²) in [7, 11) is 0. The largest absolute Gasteiger partial charge is 0.353 e. The van der Waals surface area contributed by atoms with Gasteiger partial charge in [0.15, 0.2) is 0 Å². The Labute approximate surface area is 136 Å². The van der Waals surface area contributed by atoms with Crippen LogP contribution >= 0.6 is 27.3 Å². The van der Waals surface area contributed by atoms with Gasteiger partial charge in [0.25, 0.3) is 0 Å². The molecule has 1 aromatic carbocycles. The summed E-state index contributed by atoms with van der Waals surface area (Å²) >= 11 is 4.87. The zero-order chi connectivity index (χ0) is 15.2. The van der Waals surface area contributed by atoms with E-state index in [1.165, 1.54) is 11.6 Å². The molecule has 1 atom stereocenters. The summed E-state index contributed by atoms with van der Waals surface area (Å²) in [5.74, 6) is -0.316. The van der Waals surface area contributed by atoms with Gasteiger partial charge in [-0.3, -0.25) is 4.79 Å². The Hall–Kier alpha value is -1.20. The number of nitrogens with one attached hydrogen (secondary N) is 1. The number of carbonyl (C=O) groups is 1. The van der Waals surface area contributed by atoms with Crippen LogP contribution in [0.15, 0.2) is 39.5 Å². The van der Waals surface area contributed by atoms with Crippen LogP contribution in [0.1, 0.15) is 24.5 Å². The molecule has 0 bridgehead atoms. The molecule has 21 heavy (non-hydrogen) atoms. The Morgan fingerprint density at radius 2 is 2.24 bits per heavy atom. The van der Waals surface area contributed by atoms with Crippen molar-refractivity contribution in [2.24, 2.45) is 0 Å². The van der Waals surface area contributed by atoms with Gasteiger partial charge in [-0.15, -0.1) is 0 Å². The van der Waals surface area contributed by atoms with Crippen molar-refractivity contribution in [3.05, 3.63) is 56.4 Å². The molecule has 2 aromatic rings. The molecule has 1 N–H and O–H groups in total. The number of aryl methyl sites for hydroxylation is 1. The molecule has 0 spiro atoms. The van der Waals surface area contributed by atoms with Crippen LogP contribution in [0, 0.1) is 5.82 Å². The van der Waals surface area contributed by atoms with E-state index in [0.29, 0.717) is 22.9 Å². The lowest BCUT2D eigenvalue weighted by Crippen LogP contribution is -2.34. The van der Waals surface area contributed by atoms with Gasteiger partial charge in [-0.1, -0.05) is 22.0 Å².